The molecule has 0 aliphatic rings. The van der Waals surface area contributed by atoms with Crippen LogP contribution in [0.1, 0.15) is 31.9 Å². The number of anilines is 1. The van der Waals surface area contributed by atoms with Gasteiger partial charge < -0.3 is 10.2 Å². The van der Waals surface area contributed by atoms with Gasteiger partial charge in [0.2, 0.25) is 5.91 Å². The average Bonchev–Trinajstić information content (AvgIpc) is 2.42. The molecule has 0 saturated heterocycles. The molecule has 0 aromatic heterocycles. The number of hydrogen-bond donors (Lipinski definition) is 1. The summed E-state index contributed by atoms with van der Waals surface area (Å²) in [7, 11) is 0. The van der Waals surface area contributed by atoms with Crippen LogP contribution in [0.3, 0.4) is 0 Å². The number of nitrogens with zero attached hydrogens (tertiary/aromatic N) is 2. The molecule has 4 nitrogen and oxygen atoms in total. The van der Waals surface area contributed by atoms with Gasteiger partial charge in [-0.05, 0) is 45.4 Å². The van der Waals surface area contributed by atoms with Crippen LogP contribution >= 0.6 is 0 Å². The van der Waals surface area contributed by atoms with E-state index in [1.54, 1.807) is 17.0 Å². The maximum atomic E-state index is 12.2. The number of aryl methyl sites for hydroxylation is 1. The van der Waals surface area contributed by atoms with E-state index in [1.807, 2.05) is 33.8 Å². The van der Waals surface area contributed by atoms with Crippen LogP contribution in [0.5, 0.6) is 0 Å². The summed E-state index contributed by atoms with van der Waals surface area (Å²) in [6, 6.07) is 7.25. The van der Waals surface area contributed by atoms with Gasteiger partial charge in [-0.15, -0.1) is 0 Å². The van der Waals surface area contributed by atoms with Gasteiger partial charge in [-0.3, -0.25) is 4.79 Å². The van der Waals surface area contributed by atoms with Crippen molar-refractivity contribution in [1.82, 2.24) is 4.90 Å². The van der Waals surface area contributed by atoms with Crippen LogP contribution in [-0.2, 0) is 4.79 Å². The fourth-order valence-electron chi connectivity index (χ4n) is 1.95. The predicted molar refractivity (Wildman–Crippen MR) is 76.9 cm³/mol. The lowest BCUT2D eigenvalue weighted by atomic mass is 10.1. The quantitative estimate of drug-likeness (QED) is 0.884. The van der Waals surface area contributed by atoms with Crippen molar-refractivity contribution in [2.75, 3.05) is 18.4 Å². The summed E-state index contributed by atoms with van der Waals surface area (Å²) < 4.78 is 0. The Labute approximate surface area is 115 Å². The van der Waals surface area contributed by atoms with Crippen LogP contribution in [0, 0.1) is 18.3 Å². The third-order valence-corrected chi connectivity index (χ3v) is 3.18. The lowest BCUT2D eigenvalue weighted by Crippen LogP contribution is -2.41. The lowest BCUT2D eigenvalue weighted by Gasteiger charge is -2.24. The Kier molecular flexibility index (Phi) is 5.37. The summed E-state index contributed by atoms with van der Waals surface area (Å²) in [5.41, 5.74) is 2.46. The molecule has 1 atom stereocenters. The number of carbonyl (C=O) groups excluding carboxylic acids is 1. The number of amides is 1. The highest BCUT2D eigenvalue weighted by molar-refractivity contribution is 5.84. The van der Waals surface area contributed by atoms with E-state index >= 15 is 0 Å². The largest absolute Gasteiger partial charge is 0.374 e. The van der Waals surface area contributed by atoms with Crippen LogP contribution < -0.4 is 5.32 Å². The molecular formula is C15H21N3O. The van der Waals surface area contributed by atoms with Crippen LogP contribution in [0.15, 0.2) is 18.2 Å². The topological polar surface area (TPSA) is 56.1 Å². The minimum Gasteiger partial charge on any atom is -0.374 e. The number of nitrogens with one attached hydrogen (secondary N) is 1. The molecule has 0 radical (unpaired) electrons. The van der Waals surface area contributed by atoms with Gasteiger partial charge in [0.25, 0.3) is 0 Å². The first-order chi connectivity index (χ1) is 9.03. The van der Waals surface area contributed by atoms with Crippen molar-refractivity contribution in [3.8, 4) is 6.07 Å². The van der Waals surface area contributed by atoms with E-state index in [9.17, 15) is 4.79 Å². The van der Waals surface area contributed by atoms with Gasteiger partial charge >= 0.3 is 0 Å². The number of hydrogen-bond acceptors (Lipinski definition) is 3. The fraction of sp³-hybridized carbons (Fsp3) is 0.467. The molecule has 0 aliphatic heterocycles. The normalized spacial score (nSPS) is 11.5. The minimum atomic E-state index is -0.299. The first-order valence-corrected chi connectivity index (χ1v) is 6.59. The SMILES string of the molecule is CCN(CC)C(=O)C(C)Nc1cc(C#N)ccc1C. The Balaban J connectivity index is 2.85. The summed E-state index contributed by atoms with van der Waals surface area (Å²) in [5, 5.41) is 12.1. The summed E-state index contributed by atoms with van der Waals surface area (Å²) in [4.78, 5) is 14.0. The van der Waals surface area contributed by atoms with E-state index in [2.05, 4.69) is 11.4 Å². The van der Waals surface area contributed by atoms with Crippen molar-refractivity contribution < 1.29 is 4.79 Å². The van der Waals surface area contributed by atoms with Crippen molar-refractivity contribution in [2.45, 2.75) is 33.7 Å². The van der Waals surface area contributed by atoms with Gasteiger partial charge in [0, 0.05) is 18.8 Å². The number of nitriles is 1. The van der Waals surface area contributed by atoms with Crippen molar-refractivity contribution in [3.05, 3.63) is 29.3 Å². The van der Waals surface area contributed by atoms with Crippen LogP contribution in [-0.4, -0.2) is 29.9 Å². The second kappa shape index (κ2) is 6.79. The second-order valence-corrected chi connectivity index (χ2v) is 4.52. The molecule has 1 N–H and O–H groups in total. The van der Waals surface area contributed by atoms with E-state index in [0.29, 0.717) is 18.7 Å². The number of carbonyl (C=O) groups is 1. The second-order valence-electron chi connectivity index (χ2n) is 4.52. The monoisotopic (exact) mass is 259 g/mol. The molecular weight excluding hydrogens is 238 g/mol. The molecule has 1 aromatic rings. The Morgan fingerprint density at radius 3 is 2.58 bits per heavy atom. The summed E-state index contributed by atoms with van der Waals surface area (Å²) in [6.07, 6.45) is 0. The smallest absolute Gasteiger partial charge is 0.244 e. The summed E-state index contributed by atoms with van der Waals surface area (Å²) >= 11 is 0. The van der Waals surface area contributed by atoms with Gasteiger partial charge in [-0.2, -0.15) is 5.26 Å². The van der Waals surface area contributed by atoms with Crippen molar-refractivity contribution in [1.29, 1.82) is 5.26 Å². The van der Waals surface area contributed by atoms with E-state index in [4.69, 9.17) is 5.26 Å². The zero-order valence-electron chi connectivity index (χ0n) is 12.0. The maximum absolute atomic E-state index is 12.2. The molecule has 0 aliphatic carbocycles. The molecule has 19 heavy (non-hydrogen) atoms. The van der Waals surface area contributed by atoms with Gasteiger partial charge in [-0.1, -0.05) is 6.07 Å². The molecule has 1 rings (SSSR count). The highest BCUT2D eigenvalue weighted by atomic mass is 16.2. The molecule has 0 bridgehead atoms. The molecule has 0 heterocycles. The first-order valence-electron chi connectivity index (χ1n) is 6.59. The van der Waals surface area contributed by atoms with E-state index in [0.717, 1.165) is 11.3 Å². The van der Waals surface area contributed by atoms with Crippen molar-refractivity contribution in [3.63, 3.8) is 0 Å². The summed E-state index contributed by atoms with van der Waals surface area (Å²) in [5.74, 6) is 0.0757. The van der Waals surface area contributed by atoms with E-state index in [1.165, 1.54) is 0 Å². The Morgan fingerprint density at radius 2 is 2.05 bits per heavy atom. The number of rotatable bonds is 5. The molecule has 0 fully saturated rings. The van der Waals surface area contributed by atoms with E-state index in [-0.39, 0.29) is 11.9 Å². The van der Waals surface area contributed by atoms with Gasteiger partial charge in [0.15, 0.2) is 0 Å². The zero-order chi connectivity index (χ0) is 14.4. The summed E-state index contributed by atoms with van der Waals surface area (Å²) in [6.45, 7) is 9.15. The van der Waals surface area contributed by atoms with Crippen molar-refractivity contribution in [2.24, 2.45) is 0 Å². The Hall–Kier alpha value is -2.02. The minimum absolute atomic E-state index is 0.0757. The molecule has 4 heteroatoms. The zero-order valence-corrected chi connectivity index (χ0v) is 12.0. The highest BCUT2D eigenvalue weighted by Crippen LogP contribution is 2.17. The molecule has 0 saturated carbocycles. The van der Waals surface area contributed by atoms with Crippen LogP contribution in [0.2, 0.25) is 0 Å². The van der Waals surface area contributed by atoms with Gasteiger partial charge in [0.05, 0.1) is 11.6 Å². The molecule has 0 spiro atoms. The fourth-order valence-corrected chi connectivity index (χ4v) is 1.95. The average molecular weight is 259 g/mol. The molecule has 1 amide bonds. The molecule has 1 aromatic carbocycles. The third-order valence-electron chi connectivity index (χ3n) is 3.18. The molecule has 1 unspecified atom stereocenters. The third kappa shape index (κ3) is 3.72. The highest BCUT2D eigenvalue weighted by Gasteiger charge is 2.18. The van der Waals surface area contributed by atoms with Gasteiger partial charge in [0.1, 0.15) is 6.04 Å². The van der Waals surface area contributed by atoms with E-state index < -0.39 is 0 Å². The van der Waals surface area contributed by atoms with Crippen molar-refractivity contribution >= 4 is 11.6 Å². The van der Waals surface area contributed by atoms with Crippen LogP contribution in [0.4, 0.5) is 5.69 Å². The lowest BCUT2D eigenvalue weighted by molar-refractivity contribution is -0.131. The molecule has 102 valence electrons. The first kappa shape index (κ1) is 15.0. The number of likely N-dealkylation sites (N-methyl/N-ethyl adjacent to an activating group) is 1. The van der Waals surface area contributed by atoms with Gasteiger partial charge in [-0.25, -0.2) is 0 Å². The van der Waals surface area contributed by atoms with Crippen LogP contribution in [0.25, 0.3) is 0 Å². The number of benzene rings is 1. The Morgan fingerprint density at radius 1 is 1.42 bits per heavy atom. The maximum Gasteiger partial charge on any atom is 0.244 e. The standard InChI is InChI=1S/C15H21N3O/c1-5-18(6-2)15(19)12(4)17-14-9-13(10-16)8-7-11(14)3/h7-9,12,17H,5-6H2,1-4H3. The Bertz CT molecular complexity index is 487. The predicted octanol–water partition coefficient (Wildman–Crippen LogP) is 2.54.